The molecule has 1 aromatic heterocycles. The molecule has 0 aliphatic rings. The van der Waals surface area contributed by atoms with E-state index in [-0.39, 0.29) is 12.1 Å². The molecule has 2 aromatic rings. The minimum Gasteiger partial charge on any atom is -0.484 e. The molecule has 0 saturated heterocycles. The van der Waals surface area contributed by atoms with Gasteiger partial charge in [-0.05, 0) is 48.4 Å². The topological polar surface area (TPSA) is 48.1 Å². The van der Waals surface area contributed by atoms with Crippen LogP contribution >= 0.6 is 11.6 Å². The van der Waals surface area contributed by atoms with E-state index in [1.165, 1.54) is 0 Å². The molecule has 100 valence electrons. The highest BCUT2D eigenvalue weighted by atomic mass is 35.5. The van der Waals surface area contributed by atoms with Gasteiger partial charge in [-0.25, -0.2) is 0 Å². The Morgan fingerprint density at radius 1 is 1.16 bits per heavy atom. The molecule has 2 unspecified atom stereocenters. The molecule has 0 aliphatic heterocycles. The second kappa shape index (κ2) is 6.55. The van der Waals surface area contributed by atoms with Crippen molar-refractivity contribution in [1.82, 2.24) is 4.98 Å². The maximum atomic E-state index is 6.16. The summed E-state index contributed by atoms with van der Waals surface area (Å²) >= 11 is 5.87. The van der Waals surface area contributed by atoms with Crippen molar-refractivity contribution in [1.29, 1.82) is 0 Å². The van der Waals surface area contributed by atoms with Gasteiger partial charge in [0.15, 0.2) is 0 Å². The Morgan fingerprint density at radius 3 is 2.37 bits per heavy atom. The van der Waals surface area contributed by atoms with Crippen LogP contribution in [0, 0.1) is 0 Å². The van der Waals surface area contributed by atoms with Crippen molar-refractivity contribution >= 4 is 11.6 Å². The third-order valence-corrected chi connectivity index (χ3v) is 3.22. The lowest BCUT2D eigenvalue weighted by Crippen LogP contribution is -2.31. The average Bonchev–Trinajstić information content (AvgIpc) is 2.47. The number of hydrogen-bond donors (Lipinski definition) is 1. The van der Waals surface area contributed by atoms with E-state index in [9.17, 15) is 0 Å². The maximum Gasteiger partial charge on any atom is 0.139 e. The zero-order valence-corrected chi connectivity index (χ0v) is 11.5. The highest BCUT2D eigenvalue weighted by Gasteiger charge is 2.20. The third-order valence-electron chi connectivity index (χ3n) is 2.97. The number of rotatable bonds is 5. The Hall–Kier alpha value is -1.58. The van der Waals surface area contributed by atoms with E-state index in [2.05, 4.69) is 4.98 Å². The summed E-state index contributed by atoms with van der Waals surface area (Å²) in [7, 11) is 0. The van der Waals surface area contributed by atoms with Crippen LogP contribution in [0.15, 0.2) is 48.8 Å². The maximum absolute atomic E-state index is 6.16. The van der Waals surface area contributed by atoms with Crippen molar-refractivity contribution in [2.24, 2.45) is 5.73 Å². The summed E-state index contributed by atoms with van der Waals surface area (Å²) in [5.74, 6) is 0.759. The molecular weight excluding hydrogens is 260 g/mol. The van der Waals surface area contributed by atoms with Crippen LogP contribution in [0.1, 0.15) is 25.0 Å². The summed E-state index contributed by atoms with van der Waals surface area (Å²) in [6.07, 6.45) is 4.14. The van der Waals surface area contributed by atoms with Crippen LogP contribution in [0.3, 0.4) is 0 Å². The van der Waals surface area contributed by atoms with Crippen molar-refractivity contribution in [2.75, 3.05) is 0 Å². The van der Waals surface area contributed by atoms with Crippen LogP contribution in [-0.4, -0.2) is 11.0 Å². The summed E-state index contributed by atoms with van der Waals surface area (Å²) in [5, 5.41) is 0.688. The molecule has 0 radical (unpaired) electrons. The third kappa shape index (κ3) is 3.69. The Balaban J connectivity index is 2.21. The summed E-state index contributed by atoms with van der Waals surface area (Å²) in [6, 6.07) is 11.1. The van der Waals surface area contributed by atoms with Crippen molar-refractivity contribution in [2.45, 2.75) is 25.5 Å². The molecule has 3 nitrogen and oxygen atoms in total. The molecular formula is C15H17ClN2O. The van der Waals surface area contributed by atoms with E-state index in [1.54, 1.807) is 24.5 Å². The van der Waals surface area contributed by atoms with E-state index < -0.39 is 0 Å². The number of pyridine rings is 1. The molecule has 1 aromatic carbocycles. The lowest BCUT2D eigenvalue weighted by atomic mass is 10.0. The number of hydrogen-bond acceptors (Lipinski definition) is 3. The van der Waals surface area contributed by atoms with E-state index in [1.807, 2.05) is 31.2 Å². The van der Waals surface area contributed by atoms with Crippen molar-refractivity contribution in [3.05, 3.63) is 59.4 Å². The van der Waals surface area contributed by atoms with E-state index in [0.29, 0.717) is 5.02 Å². The van der Waals surface area contributed by atoms with Crippen LogP contribution in [0.5, 0.6) is 5.75 Å². The predicted octanol–water partition coefficient (Wildman–Crippen LogP) is 3.59. The molecule has 1 heterocycles. The van der Waals surface area contributed by atoms with Crippen molar-refractivity contribution < 1.29 is 4.74 Å². The van der Waals surface area contributed by atoms with Gasteiger partial charge in [-0.1, -0.05) is 18.5 Å². The van der Waals surface area contributed by atoms with Crippen molar-refractivity contribution in [3.63, 3.8) is 0 Å². The number of nitrogens with two attached hydrogens (primary N) is 1. The first-order valence-corrected chi connectivity index (χ1v) is 6.66. The van der Waals surface area contributed by atoms with Gasteiger partial charge in [0.05, 0.1) is 0 Å². The number of halogens is 1. The Bertz CT molecular complexity index is 501. The summed E-state index contributed by atoms with van der Waals surface area (Å²) in [6.45, 7) is 2.05. The molecule has 0 amide bonds. The highest BCUT2D eigenvalue weighted by Crippen LogP contribution is 2.26. The second-order valence-electron chi connectivity index (χ2n) is 4.35. The molecule has 2 rings (SSSR count). The first kappa shape index (κ1) is 13.8. The Morgan fingerprint density at radius 2 is 1.79 bits per heavy atom. The minimum absolute atomic E-state index is 0.0712. The average molecular weight is 277 g/mol. The molecule has 0 saturated carbocycles. The van der Waals surface area contributed by atoms with Gasteiger partial charge in [0.1, 0.15) is 11.9 Å². The van der Waals surface area contributed by atoms with Gasteiger partial charge in [-0.2, -0.15) is 0 Å². The Kier molecular flexibility index (Phi) is 4.77. The number of ether oxygens (including phenoxy) is 1. The van der Waals surface area contributed by atoms with Crippen LogP contribution < -0.4 is 10.5 Å². The van der Waals surface area contributed by atoms with Gasteiger partial charge >= 0.3 is 0 Å². The standard InChI is InChI=1S/C15H17ClN2O/c1-2-14(17)15(11-7-9-18-10-8-11)19-13-5-3-12(16)4-6-13/h3-10,14-15H,2,17H2,1H3. The molecule has 2 N–H and O–H groups in total. The largest absolute Gasteiger partial charge is 0.484 e. The SMILES string of the molecule is CCC(N)C(Oc1ccc(Cl)cc1)c1ccncc1. The highest BCUT2D eigenvalue weighted by molar-refractivity contribution is 6.30. The van der Waals surface area contributed by atoms with Crippen LogP contribution in [0.4, 0.5) is 0 Å². The molecule has 0 aliphatic carbocycles. The van der Waals surface area contributed by atoms with Gasteiger partial charge in [0, 0.05) is 23.5 Å². The second-order valence-corrected chi connectivity index (χ2v) is 4.78. The van der Waals surface area contributed by atoms with Gasteiger partial charge in [0.25, 0.3) is 0 Å². The van der Waals surface area contributed by atoms with Gasteiger partial charge in [-0.3, -0.25) is 4.98 Å². The zero-order valence-electron chi connectivity index (χ0n) is 10.8. The van der Waals surface area contributed by atoms with E-state index in [0.717, 1.165) is 17.7 Å². The van der Waals surface area contributed by atoms with Crippen LogP contribution in [0.2, 0.25) is 5.02 Å². The summed E-state index contributed by atoms with van der Waals surface area (Å²) < 4.78 is 6.00. The molecule has 0 fully saturated rings. The first-order valence-electron chi connectivity index (χ1n) is 6.28. The molecule has 4 heteroatoms. The molecule has 2 atom stereocenters. The van der Waals surface area contributed by atoms with Crippen molar-refractivity contribution in [3.8, 4) is 5.75 Å². The lowest BCUT2D eigenvalue weighted by molar-refractivity contribution is 0.171. The van der Waals surface area contributed by atoms with E-state index in [4.69, 9.17) is 22.1 Å². The zero-order chi connectivity index (χ0) is 13.7. The van der Waals surface area contributed by atoms with Gasteiger partial charge in [0.2, 0.25) is 0 Å². The molecule has 0 bridgehead atoms. The predicted molar refractivity (Wildman–Crippen MR) is 77.3 cm³/mol. The van der Waals surface area contributed by atoms with Gasteiger partial charge < -0.3 is 10.5 Å². The van der Waals surface area contributed by atoms with E-state index >= 15 is 0 Å². The Labute approximate surface area is 118 Å². The number of aromatic nitrogens is 1. The fourth-order valence-corrected chi connectivity index (χ4v) is 1.96. The van der Waals surface area contributed by atoms with Gasteiger partial charge in [-0.15, -0.1) is 0 Å². The molecule has 19 heavy (non-hydrogen) atoms. The normalized spacial score (nSPS) is 13.8. The first-order chi connectivity index (χ1) is 9.20. The fraction of sp³-hybridized carbons (Fsp3) is 0.267. The quantitative estimate of drug-likeness (QED) is 0.908. The summed E-state index contributed by atoms with van der Waals surface area (Å²) in [5.41, 5.74) is 7.18. The minimum atomic E-state index is -0.186. The number of nitrogens with zero attached hydrogens (tertiary/aromatic N) is 1. The van der Waals surface area contributed by atoms with Crippen LogP contribution in [0.25, 0.3) is 0 Å². The summed E-state index contributed by atoms with van der Waals surface area (Å²) in [4.78, 5) is 4.02. The monoisotopic (exact) mass is 276 g/mol. The van der Waals surface area contributed by atoms with Crippen LogP contribution in [-0.2, 0) is 0 Å². The molecule has 0 spiro atoms. The smallest absolute Gasteiger partial charge is 0.139 e. The number of benzene rings is 1. The lowest BCUT2D eigenvalue weighted by Gasteiger charge is -2.24. The fourth-order valence-electron chi connectivity index (χ4n) is 1.83.